The van der Waals surface area contributed by atoms with Gasteiger partial charge in [-0.1, -0.05) is 17.7 Å². The molecule has 31 heavy (non-hydrogen) atoms. The molecule has 4 rings (SSSR count). The molecule has 3 aromatic rings. The average molecular weight is 418 g/mol. The van der Waals surface area contributed by atoms with Gasteiger partial charge in [-0.25, -0.2) is 4.98 Å². The van der Waals surface area contributed by atoms with Crippen molar-refractivity contribution < 1.29 is 9.53 Å². The first-order chi connectivity index (χ1) is 14.9. The highest BCUT2D eigenvalue weighted by molar-refractivity contribution is 6.05. The SMILES string of the molecule is COc1cc(C)c(C(=O)Nc2ccc(C3=C(C)CCN(c4ccn(C)n4)C3)cc2)cn1. The first kappa shape index (κ1) is 20.7. The van der Waals surface area contributed by atoms with Gasteiger partial charge in [0.15, 0.2) is 5.82 Å². The van der Waals surface area contributed by atoms with Crippen LogP contribution in [0, 0.1) is 6.92 Å². The smallest absolute Gasteiger partial charge is 0.257 e. The molecule has 2 aromatic heterocycles. The largest absolute Gasteiger partial charge is 0.481 e. The lowest BCUT2D eigenvalue weighted by molar-refractivity contribution is 0.102. The number of carbonyl (C=O) groups is 1. The van der Waals surface area contributed by atoms with Crippen molar-refractivity contribution in [1.29, 1.82) is 0 Å². The van der Waals surface area contributed by atoms with E-state index in [1.165, 1.54) is 16.7 Å². The van der Waals surface area contributed by atoms with Crippen LogP contribution in [0.4, 0.5) is 11.5 Å². The topological polar surface area (TPSA) is 72.3 Å². The Hall–Kier alpha value is -3.61. The van der Waals surface area contributed by atoms with Gasteiger partial charge in [-0.05, 0) is 49.1 Å². The third-order valence-corrected chi connectivity index (χ3v) is 5.68. The Labute approximate surface area is 182 Å². The average Bonchev–Trinajstić information content (AvgIpc) is 3.20. The number of benzene rings is 1. The fourth-order valence-electron chi connectivity index (χ4n) is 3.80. The fraction of sp³-hybridized carbons (Fsp3) is 0.292. The van der Waals surface area contributed by atoms with Gasteiger partial charge in [0.2, 0.25) is 5.88 Å². The molecule has 1 aliphatic rings. The molecular weight excluding hydrogens is 390 g/mol. The first-order valence-corrected chi connectivity index (χ1v) is 10.3. The van der Waals surface area contributed by atoms with Gasteiger partial charge in [-0.15, -0.1) is 0 Å². The lowest BCUT2D eigenvalue weighted by atomic mass is 9.95. The monoisotopic (exact) mass is 417 g/mol. The quantitative estimate of drug-likeness (QED) is 0.678. The molecule has 0 fully saturated rings. The summed E-state index contributed by atoms with van der Waals surface area (Å²) < 4.78 is 6.94. The van der Waals surface area contributed by atoms with Crippen molar-refractivity contribution in [3.05, 3.63) is 71.1 Å². The summed E-state index contributed by atoms with van der Waals surface area (Å²) in [6.45, 7) is 5.86. The Kier molecular flexibility index (Phi) is 5.75. The van der Waals surface area contributed by atoms with Crippen molar-refractivity contribution in [2.75, 3.05) is 30.4 Å². The van der Waals surface area contributed by atoms with Crippen molar-refractivity contribution in [3.63, 3.8) is 0 Å². The molecule has 7 nitrogen and oxygen atoms in total. The molecule has 0 unspecified atom stereocenters. The molecule has 0 radical (unpaired) electrons. The molecule has 1 aliphatic heterocycles. The molecule has 160 valence electrons. The molecule has 0 saturated heterocycles. The van der Waals surface area contributed by atoms with E-state index in [1.54, 1.807) is 19.4 Å². The van der Waals surface area contributed by atoms with Crippen LogP contribution in [0.25, 0.3) is 5.57 Å². The van der Waals surface area contributed by atoms with Gasteiger partial charge in [0, 0.05) is 50.4 Å². The van der Waals surface area contributed by atoms with Crippen LogP contribution in [-0.4, -0.2) is 40.9 Å². The highest BCUT2D eigenvalue weighted by atomic mass is 16.5. The van der Waals surface area contributed by atoms with Gasteiger partial charge in [0.25, 0.3) is 5.91 Å². The van der Waals surface area contributed by atoms with Crippen LogP contribution in [0.3, 0.4) is 0 Å². The highest BCUT2D eigenvalue weighted by Gasteiger charge is 2.20. The van der Waals surface area contributed by atoms with E-state index in [-0.39, 0.29) is 5.91 Å². The number of nitrogens with zero attached hydrogens (tertiary/aromatic N) is 4. The number of rotatable bonds is 5. The molecule has 3 heterocycles. The Balaban J connectivity index is 1.48. The summed E-state index contributed by atoms with van der Waals surface area (Å²) in [5.74, 6) is 1.31. The van der Waals surface area contributed by atoms with E-state index in [4.69, 9.17) is 4.74 Å². The van der Waals surface area contributed by atoms with Crippen molar-refractivity contribution in [1.82, 2.24) is 14.8 Å². The number of hydrogen-bond donors (Lipinski definition) is 1. The van der Waals surface area contributed by atoms with Crippen molar-refractivity contribution in [2.24, 2.45) is 7.05 Å². The minimum atomic E-state index is -0.185. The lowest BCUT2D eigenvalue weighted by Crippen LogP contribution is -2.31. The Morgan fingerprint density at radius 1 is 1.16 bits per heavy atom. The molecule has 7 heteroatoms. The molecule has 1 N–H and O–H groups in total. The Bertz CT molecular complexity index is 1130. The van der Waals surface area contributed by atoms with E-state index in [0.717, 1.165) is 36.6 Å². The predicted octanol–water partition coefficient (Wildman–Crippen LogP) is 4.07. The summed E-state index contributed by atoms with van der Waals surface area (Å²) in [6, 6.07) is 11.8. The number of aryl methyl sites for hydroxylation is 2. The van der Waals surface area contributed by atoms with E-state index in [2.05, 4.69) is 39.4 Å². The van der Waals surface area contributed by atoms with E-state index >= 15 is 0 Å². The van der Waals surface area contributed by atoms with Gasteiger partial charge in [-0.3, -0.25) is 9.48 Å². The zero-order valence-corrected chi connectivity index (χ0v) is 18.3. The molecule has 0 spiro atoms. The van der Waals surface area contributed by atoms with Crippen LogP contribution in [0.15, 0.2) is 54.4 Å². The fourth-order valence-corrected chi connectivity index (χ4v) is 3.80. The normalized spacial score (nSPS) is 14.0. The van der Waals surface area contributed by atoms with Crippen molar-refractivity contribution >= 4 is 23.0 Å². The second kappa shape index (κ2) is 8.63. The van der Waals surface area contributed by atoms with Crippen LogP contribution in [0.5, 0.6) is 5.88 Å². The standard InChI is InChI=1S/C24H27N5O2/c1-16-9-12-29(22-10-11-28(3)27-22)15-21(16)18-5-7-19(8-6-18)26-24(30)20-14-25-23(31-4)13-17(20)2/h5-8,10-11,13-14H,9,12,15H2,1-4H3,(H,26,30). The molecule has 0 aliphatic carbocycles. The molecule has 0 saturated carbocycles. The summed E-state index contributed by atoms with van der Waals surface area (Å²) in [7, 11) is 3.49. The predicted molar refractivity (Wildman–Crippen MR) is 123 cm³/mol. The number of methoxy groups -OCH3 is 1. The molecular formula is C24H27N5O2. The number of carbonyl (C=O) groups excluding carboxylic acids is 1. The maximum Gasteiger partial charge on any atom is 0.257 e. The second-order valence-corrected chi connectivity index (χ2v) is 7.85. The Morgan fingerprint density at radius 3 is 2.58 bits per heavy atom. The molecule has 1 amide bonds. The number of ether oxygens (including phenoxy) is 1. The maximum absolute atomic E-state index is 12.7. The zero-order valence-electron chi connectivity index (χ0n) is 18.3. The lowest BCUT2D eigenvalue weighted by Gasteiger charge is -2.30. The Morgan fingerprint density at radius 2 is 1.94 bits per heavy atom. The third kappa shape index (κ3) is 4.45. The minimum Gasteiger partial charge on any atom is -0.481 e. The number of aromatic nitrogens is 3. The highest BCUT2D eigenvalue weighted by Crippen LogP contribution is 2.29. The van der Waals surface area contributed by atoms with Crippen LogP contribution < -0.4 is 15.0 Å². The van der Waals surface area contributed by atoms with Crippen LogP contribution >= 0.6 is 0 Å². The van der Waals surface area contributed by atoms with Gasteiger partial charge < -0.3 is 15.0 Å². The van der Waals surface area contributed by atoms with Gasteiger partial charge in [-0.2, -0.15) is 5.10 Å². The summed E-state index contributed by atoms with van der Waals surface area (Å²) >= 11 is 0. The van der Waals surface area contributed by atoms with Gasteiger partial charge in [0.05, 0.1) is 12.7 Å². The van der Waals surface area contributed by atoms with Gasteiger partial charge >= 0.3 is 0 Å². The summed E-state index contributed by atoms with van der Waals surface area (Å²) in [4.78, 5) is 19.1. The van der Waals surface area contributed by atoms with Crippen LogP contribution in [0.2, 0.25) is 0 Å². The maximum atomic E-state index is 12.7. The zero-order chi connectivity index (χ0) is 22.0. The number of anilines is 2. The van der Waals surface area contributed by atoms with Crippen molar-refractivity contribution in [3.8, 4) is 5.88 Å². The van der Waals surface area contributed by atoms with Gasteiger partial charge in [0.1, 0.15) is 0 Å². The van der Waals surface area contributed by atoms with E-state index in [0.29, 0.717) is 11.4 Å². The second-order valence-electron chi connectivity index (χ2n) is 7.85. The first-order valence-electron chi connectivity index (χ1n) is 10.3. The number of amides is 1. The summed E-state index contributed by atoms with van der Waals surface area (Å²) in [5.41, 5.74) is 5.96. The summed E-state index contributed by atoms with van der Waals surface area (Å²) in [6.07, 6.45) is 4.52. The number of nitrogens with one attached hydrogen (secondary N) is 1. The number of pyridine rings is 1. The van der Waals surface area contributed by atoms with Crippen molar-refractivity contribution in [2.45, 2.75) is 20.3 Å². The van der Waals surface area contributed by atoms with Crippen LogP contribution in [0.1, 0.15) is 34.8 Å². The molecule has 0 bridgehead atoms. The minimum absolute atomic E-state index is 0.185. The third-order valence-electron chi connectivity index (χ3n) is 5.68. The van der Waals surface area contributed by atoms with E-state index < -0.39 is 0 Å². The molecule has 0 atom stereocenters. The van der Waals surface area contributed by atoms with Crippen LogP contribution in [-0.2, 0) is 7.05 Å². The number of hydrogen-bond acceptors (Lipinski definition) is 5. The summed E-state index contributed by atoms with van der Waals surface area (Å²) in [5, 5.41) is 7.50. The van der Waals surface area contributed by atoms with E-state index in [1.807, 2.05) is 43.0 Å². The molecule has 1 aromatic carbocycles. The van der Waals surface area contributed by atoms with E-state index in [9.17, 15) is 4.79 Å².